The molecule has 0 aromatic carbocycles. The third-order valence-corrected chi connectivity index (χ3v) is 2.56. The summed E-state index contributed by atoms with van der Waals surface area (Å²) in [5.74, 6) is 0. The van der Waals surface area contributed by atoms with E-state index in [2.05, 4.69) is 0 Å². The van der Waals surface area contributed by atoms with Gasteiger partial charge >= 0.3 is 0 Å². The van der Waals surface area contributed by atoms with Crippen LogP contribution in [0.25, 0.3) is 0 Å². The van der Waals surface area contributed by atoms with Crippen LogP contribution in [0.4, 0.5) is 0 Å². The smallest absolute Gasteiger partial charge is 0.0580 e. The van der Waals surface area contributed by atoms with E-state index in [-0.39, 0.29) is 13.2 Å². The van der Waals surface area contributed by atoms with Crippen LogP contribution in [0.2, 0.25) is 0 Å². The van der Waals surface area contributed by atoms with E-state index < -0.39 is 0 Å². The zero-order valence-corrected chi connectivity index (χ0v) is 8.11. The molecule has 78 valence electrons. The lowest BCUT2D eigenvalue weighted by Gasteiger charge is -2.12. The summed E-state index contributed by atoms with van der Waals surface area (Å²) in [5.41, 5.74) is 0. The maximum absolute atomic E-state index is 8.65. The predicted molar refractivity (Wildman–Crippen MR) is 50.5 cm³/mol. The van der Waals surface area contributed by atoms with Crippen LogP contribution < -0.4 is 0 Å². The van der Waals surface area contributed by atoms with Gasteiger partial charge in [0, 0.05) is 13.2 Å². The van der Waals surface area contributed by atoms with Gasteiger partial charge in [0.05, 0.1) is 12.2 Å². The Hall–Kier alpha value is -0.120. The number of rotatable bonds is 6. The molecule has 2 N–H and O–H groups in total. The molecule has 0 aliphatic carbocycles. The number of hydrogen-bond acceptors (Lipinski definition) is 3. The third kappa shape index (κ3) is 4.07. The summed E-state index contributed by atoms with van der Waals surface area (Å²) in [5, 5.41) is 17.3. The molecule has 0 amide bonds. The minimum absolute atomic E-state index is 0.265. The molecule has 3 heteroatoms. The fourth-order valence-corrected chi connectivity index (χ4v) is 1.84. The van der Waals surface area contributed by atoms with E-state index in [4.69, 9.17) is 14.9 Å². The van der Waals surface area contributed by atoms with Crippen molar-refractivity contribution in [3.8, 4) is 0 Å². The molecule has 0 bridgehead atoms. The van der Waals surface area contributed by atoms with Gasteiger partial charge < -0.3 is 14.9 Å². The normalized spacial score (nSPS) is 28.2. The van der Waals surface area contributed by atoms with E-state index in [9.17, 15) is 0 Å². The first-order chi connectivity index (χ1) is 6.36. The van der Waals surface area contributed by atoms with Crippen LogP contribution in [0.15, 0.2) is 0 Å². The van der Waals surface area contributed by atoms with Gasteiger partial charge in [-0.15, -0.1) is 0 Å². The van der Waals surface area contributed by atoms with Gasteiger partial charge in [0.2, 0.25) is 0 Å². The van der Waals surface area contributed by atoms with Crippen molar-refractivity contribution in [2.24, 2.45) is 0 Å². The topological polar surface area (TPSA) is 49.7 Å². The average Bonchev–Trinajstić information content (AvgIpc) is 2.59. The molecule has 3 nitrogen and oxygen atoms in total. The van der Waals surface area contributed by atoms with Crippen molar-refractivity contribution in [2.75, 3.05) is 13.2 Å². The summed E-state index contributed by atoms with van der Waals surface area (Å²) in [6.45, 7) is 0.530. The number of ether oxygens (including phenoxy) is 1. The lowest BCUT2D eigenvalue weighted by atomic mass is 10.1. The second kappa shape index (κ2) is 6.35. The Balaban J connectivity index is 2.05. The molecule has 0 aromatic heterocycles. The first-order valence-electron chi connectivity index (χ1n) is 5.24. The van der Waals surface area contributed by atoms with Crippen LogP contribution in [-0.4, -0.2) is 35.6 Å². The summed E-state index contributed by atoms with van der Waals surface area (Å²) in [6, 6.07) is 0. The van der Waals surface area contributed by atoms with Crippen molar-refractivity contribution in [3.63, 3.8) is 0 Å². The average molecular weight is 188 g/mol. The zero-order chi connectivity index (χ0) is 9.52. The van der Waals surface area contributed by atoms with Crippen molar-refractivity contribution in [1.82, 2.24) is 0 Å². The van der Waals surface area contributed by atoms with Gasteiger partial charge in [0.25, 0.3) is 0 Å². The van der Waals surface area contributed by atoms with E-state index >= 15 is 0 Å². The Morgan fingerprint density at radius 3 is 1.77 bits per heavy atom. The molecule has 1 fully saturated rings. The summed E-state index contributed by atoms with van der Waals surface area (Å²) in [4.78, 5) is 0. The number of aliphatic hydroxyl groups excluding tert-OH is 2. The van der Waals surface area contributed by atoms with Crippen molar-refractivity contribution < 1.29 is 14.9 Å². The largest absolute Gasteiger partial charge is 0.396 e. The SMILES string of the molecule is OCCCC1CCC(CCCO)O1. The van der Waals surface area contributed by atoms with Crippen LogP contribution in [0.3, 0.4) is 0 Å². The molecule has 0 aromatic rings. The van der Waals surface area contributed by atoms with E-state index in [1.54, 1.807) is 0 Å². The predicted octanol–water partition coefficient (Wildman–Crippen LogP) is 1.08. The Morgan fingerprint density at radius 1 is 0.923 bits per heavy atom. The first kappa shape index (κ1) is 11.0. The Labute approximate surface area is 79.7 Å². The van der Waals surface area contributed by atoms with Crippen molar-refractivity contribution in [2.45, 2.75) is 50.7 Å². The summed E-state index contributed by atoms with van der Waals surface area (Å²) in [7, 11) is 0. The van der Waals surface area contributed by atoms with Gasteiger partial charge in [0.1, 0.15) is 0 Å². The molecule has 1 rings (SSSR count). The quantitative estimate of drug-likeness (QED) is 0.655. The van der Waals surface area contributed by atoms with Crippen molar-refractivity contribution in [3.05, 3.63) is 0 Å². The highest BCUT2D eigenvalue weighted by atomic mass is 16.5. The second-order valence-electron chi connectivity index (χ2n) is 3.69. The molecule has 1 saturated heterocycles. The monoisotopic (exact) mass is 188 g/mol. The molecule has 0 saturated carbocycles. The number of aliphatic hydroxyl groups is 2. The summed E-state index contributed by atoms with van der Waals surface area (Å²) < 4.78 is 5.74. The van der Waals surface area contributed by atoms with Crippen LogP contribution in [-0.2, 0) is 4.74 Å². The highest BCUT2D eigenvalue weighted by Crippen LogP contribution is 2.25. The molecule has 1 heterocycles. The maximum atomic E-state index is 8.65. The van der Waals surface area contributed by atoms with E-state index in [0.29, 0.717) is 12.2 Å². The second-order valence-corrected chi connectivity index (χ2v) is 3.69. The highest BCUT2D eigenvalue weighted by molar-refractivity contribution is 4.73. The van der Waals surface area contributed by atoms with Crippen molar-refractivity contribution in [1.29, 1.82) is 0 Å². The maximum Gasteiger partial charge on any atom is 0.0580 e. The lowest BCUT2D eigenvalue weighted by Crippen LogP contribution is -2.11. The van der Waals surface area contributed by atoms with Gasteiger partial charge in [-0.25, -0.2) is 0 Å². The Morgan fingerprint density at radius 2 is 1.38 bits per heavy atom. The highest BCUT2D eigenvalue weighted by Gasteiger charge is 2.23. The summed E-state index contributed by atoms with van der Waals surface area (Å²) in [6.07, 6.45) is 6.60. The van der Waals surface area contributed by atoms with Crippen LogP contribution in [0.5, 0.6) is 0 Å². The van der Waals surface area contributed by atoms with E-state index in [0.717, 1.165) is 38.5 Å². The minimum Gasteiger partial charge on any atom is -0.396 e. The Kier molecular flexibility index (Phi) is 5.35. The molecular formula is C10H20O3. The third-order valence-electron chi connectivity index (χ3n) is 2.56. The summed E-state index contributed by atoms with van der Waals surface area (Å²) >= 11 is 0. The molecule has 13 heavy (non-hydrogen) atoms. The van der Waals surface area contributed by atoms with Gasteiger partial charge in [-0.3, -0.25) is 0 Å². The standard InChI is InChI=1S/C10H20O3/c11-7-1-3-9-5-6-10(13-9)4-2-8-12/h9-12H,1-8H2. The van der Waals surface area contributed by atoms with Crippen molar-refractivity contribution >= 4 is 0 Å². The van der Waals surface area contributed by atoms with Gasteiger partial charge in [-0.05, 0) is 38.5 Å². The van der Waals surface area contributed by atoms with Crippen LogP contribution in [0.1, 0.15) is 38.5 Å². The fourth-order valence-electron chi connectivity index (χ4n) is 1.84. The molecule has 0 spiro atoms. The molecule has 1 aliphatic heterocycles. The molecule has 1 aliphatic rings. The fraction of sp³-hybridized carbons (Fsp3) is 1.00. The minimum atomic E-state index is 0.265. The molecule has 2 atom stereocenters. The van der Waals surface area contributed by atoms with E-state index in [1.807, 2.05) is 0 Å². The number of hydrogen-bond donors (Lipinski definition) is 2. The van der Waals surface area contributed by atoms with Gasteiger partial charge in [0.15, 0.2) is 0 Å². The molecule has 2 unspecified atom stereocenters. The van der Waals surface area contributed by atoms with Gasteiger partial charge in [-0.1, -0.05) is 0 Å². The van der Waals surface area contributed by atoms with E-state index in [1.165, 1.54) is 0 Å². The molecular weight excluding hydrogens is 168 g/mol. The lowest BCUT2D eigenvalue weighted by molar-refractivity contribution is 0.0293. The first-order valence-corrected chi connectivity index (χ1v) is 5.24. The van der Waals surface area contributed by atoms with Crippen LogP contribution in [0, 0.1) is 0 Å². The van der Waals surface area contributed by atoms with Crippen LogP contribution >= 0.6 is 0 Å². The Bertz CT molecular complexity index is 113. The van der Waals surface area contributed by atoms with Gasteiger partial charge in [-0.2, -0.15) is 0 Å². The molecule has 0 radical (unpaired) electrons. The zero-order valence-electron chi connectivity index (χ0n) is 8.11.